The molecule has 0 aliphatic heterocycles. The second kappa shape index (κ2) is 4.79. The molecule has 2 aliphatic rings. The number of thiocarbonyl (C=S) groups is 1. The van der Waals surface area contributed by atoms with Crippen LogP contribution in [0, 0.1) is 17.0 Å². The predicted molar refractivity (Wildman–Crippen MR) is 91.6 cm³/mol. The van der Waals surface area contributed by atoms with Gasteiger partial charge in [-0.05, 0) is 47.9 Å². The first kappa shape index (κ1) is 15.6. The van der Waals surface area contributed by atoms with E-state index in [-0.39, 0.29) is 22.6 Å². The zero-order valence-corrected chi connectivity index (χ0v) is 14.3. The molecule has 1 fully saturated rings. The van der Waals surface area contributed by atoms with Crippen molar-refractivity contribution in [1.29, 1.82) is 0 Å². The molecule has 0 radical (unpaired) electrons. The molecular formula is C18H17F2N3S. The average Bonchev–Trinajstić information content (AvgIpc) is 2.89. The summed E-state index contributed by atoms with van der Waals surface area (Å²) in [5, 5.41) is 8.45. The van der Waals surface area contributed by atoms with Gasteiger partial charge in [-0.1, -0.05) is 32.1 Å². The Morgan fingerprint density at radius 3 is 2.54 bits per heavy atom. The van der Waals surface area contributed by atoms with Crippen molar-refractivity contribution in [1.82, 2.24) is 10.2 Å². The van der Waals surface area contributed by atoms with E-state index in [2.05, 4.69) is 24.0 Å². The quantitative estimate of drug-likeness (QED) is 0.840. The maximum absolute atomic E-state index is 14.1. The summed E-state index contributed by atoms with van der Waals surface area (Å²) in [6, 6.07) is 5.54. The van der Waals surface area contributed by atoms with Gasteiger partial charge in [0.15, 0.2) is 0 Å². The second-order valence-corrected chi connectivity index (χ2v) is 7.65. The highest BCUT2D eigenvalue weighted by Crippen LogP contribution is 2.67. The highest BCUT2D eigenvalue weighted by Gasteiger charge is 2.65. The Bertz CT molecular complexity index is 860. The molecule has 0 spiro atoms. The summed E-state index contributed by atoms with van der Waals surface area (Å²) in [7, 11) is 0. The number of nitrogens with zero attached hydrogens (tertiary/aromatic N) is 2. The van der Waals surface area contributed by atoms with Gasteiger partial charge in [0.2, 0.25) is 0 Å². The Morgan fingerprint density at radius 2 is 1.92 bits per heavy atom. The maximum atomic E-state index is 14.1. The summed E-state index contributed by atoms with van der Waals surface area (Å²) in [5.74, 6) is -1.08. The summed E-state index contributed by atoms with van der Waals surface area (Å²) in [5.41, 5.74) is 7.25. The lowest BCUT2D eigenvalue weighted by molar-refractivity contribution is 0.276. The molecule has 0 saturated heterocycles. The van der Waals surface area contributed by atoms with Gasteiger partial charge in [-0.3, -0.25) is 0 Å². The number of hydrogen-bond acceptors (Lipinski definition) is 3. The molecule has 2 aromatic rings. The molecular weight excluding hydrogens is 328 g/mol. The normalized spacial score (nSPS) is 26.4. The van der Waals surface area contributed by atoms with Crippen molar-refractivity contribution in [3.05, 3.63) is 47.2 Å². The zero-order valence-electron chi connectivity index (χ0n) is 13.4. The van der Waals surface area contributed by atoms with Crippen molar-refractivity contribution in [3.8, 4) is 11.3 Å². The number of benzene rings is 1. The first-order chi connectivity index (χ1) is 11.3. The van der Waals surface area contributed by atoms with E-state index >= 15 is 0 Å². The zero-order chi connectivity index (χ0) is 17.3. The molecule has 0 amide bonds. The van der Waals surface area contributed by atoms with E-state index in [0.717, 1.165) is 24.1 Å². The van der Waals surface area contributed by atoms with E-state index in [4.69, 9.17) is 18.0 Å². The lowest BCUT2D eigenvalue weighted by Crippen LogP contribution is -2.46. The van der Waals surface area contributed by atoms with Crippen LogP contribution < -0.4 is 5.73 Å². The van der Waals surface area contributed by atoms with Gasteiger partial charge in [-0.25, -0.2) is 8.78 Å². The maximum Gasteiger partial charge on any atom is 0.135 e. The highest BCUT2D eigenvalue weighted by atomic mass is 32.1. The van der Waals surface area contributed by atoms with Crippen molar-refractivity contribution in [2.75, 3.05) is 0 Å². The molecule has 3 nitrogen and oxygen atoms in total. The number of halogens is 2. The van der Waals surface area contributed by atoms with Crippen LogP contribution >= 0.6 is 12.2 Å². The van der Waals surface area contributed by atoms with Gasteiger partial charge in [0.25, 0.3) is 0 Å². The van der Waals surface area contributed by atoms with Crippen LogP contribution in [0.25, 0.3) is 11.3 Å². The summed E-state index contributed by atoms with van der Waals surface area (Å²) in [4.78, 5) is 0.424. The smallest absolute Gasteiger partial charge is 0.135 e. The third-order valence-corrected chi connectivity index (χ3v) is 6.37. The molecule has 2 aliphatic carbocycles. The van der Waals surface area contributed by atoms with Crippen molar-refractivity contribution in [3.63, 3.8) is 0 Å². The van der Waals surface area contributed by atoms with Crippen LogP contribution in [0.15, 0.2) is 24.3 Å². The van der Waals surface area contributed by atoms with E-state index in [1.807, 2.05) is 0 Å². The fourth-order valence-electron chi connectivity index (χ4n) is 4.73. The number of hydrogen-bond donors (Lipinski definition) is 1. The Hall–Kier alpha value is -1.95. The molecule has 2 unspecified atom stereocenters. The van der Waals surface area contributed by atoms with Gasteiger partial charge in [-0.2, -0.15) is 5.10 Å². The first-order valence-electron chi connectivity index (χ1n) is 7.93. The molecule has 2 atom stereocenters. The lowest BCUT2D eigenvalue weighted by atomic mass is 9.68. The largest absolute Gasteiger partial charge is 0.393 e. The molecule has 124 valence electrons. The lowest BCUT2D eigenvalue weighted by Gasteiger charge is -2.36. The summed E-state index contributed by atoms with van der Waals surface area (Å²) >= 11 is 5.38. The highest BCUT2D eigenvalue weighted by molar-refractivity contribution is 7.80. The number of rotatable bonds is 2. The van der Waals surface area contributed by atoms with Crippen LogP contribution in [0.1, 0.15) is 43.9 Å². The van der Waals surface area contributed by atoms with E-state index in [1.54, 1.807) is 6.07 Å². The van der Waals surface area contributed by atoms with Crippen LogP contribution in [0.5, 0.6) is 0 Å². The molecule has 4 rings (SSSR count). The number of nitrogens with two attached hydrogens (primary N) is 1. The Morgan fingerprint density at radius 1 is 1.25 bits per heavy atom. The van der Waals surface area contributed by atoms with Crippen LogP contribution in [0.2, 0.25) is 0 Å². The third-order valence-electron chi connectivity index (χ3n) is 6.02. The first-order valence-corrected chi connectivity index (χ1v) is 8.34. The average molecular weight is 345 g/mol. The molecule has 1 heterocycles. The molecule has 1 saturated carbocycles. The van der Waals surface area contributed by atoms with E-state index in [9.17, 15) is 8.78 Å². The van der Waals surface area contributed by atoms with Gasteiger partial charge < -0.3 is 5.73 Å². The van der Waals surface area contributed by atoms with E-state index in [0.29, 0.717) is 4.99 Å². The molecule has 2 N–H and O–H groups in total. The van der Waals surface area contributed by atoms with Crippen molar-refractivity contribution < 1.29 is 8.78 Å². The number of fused-ring (bicyclic) bond motifs is 5. The molecule has 6 heteroatoms. The van der Waals surface area contributed by atoms with Crippen LogP contribution in [-0.2, 0) is 5.41 Å². The van der Waals surface area contributed by atoms with Crippen LogP contribution in [0.4, 0.5) is 8.78 Å². The van der Waals surface area contributed by atoms with Gasteiger partial charge in [0.05, 0.1) is 27.4 Å². The summed E-state index contributed by atoms with van der Waals surface area (Å²) in [6.07, 6.45) is 1.78. The van der Waals surface area contributed by atoms with Gasteiger partial charge in [0, 0.05) is 0 Å². The summed E-state index contributed by atoms with van der Waals surface area (Å²) < 4.78 is 28.2. The third kappa shape index (κ3) is 1.67. The minimum absolute atomic E-state index is 0.141. The van der Waals surface area contributed by atoms with Crippen LogP contribution in [-0.4, -0.2) is 15.2 Å². The second-order valence-electron chi connectivity index (χ2n) is 7.21. The van der Waals surface area contributed by atoms with Gasteiger partial charge >= 0.3 is 0 Å². The molecule has 1 aromatic carbocycles. The Kier molecular flexibility index (Phi) is 3.10. The van der Waals surface area contributed by atoms with Crippen molar-refractivity contribution in [2.45, 2.75) is 38.0 Å². The fourth-order valence-corrected chi connectivity index (χ4v) is 5.20. The van der Waals surface area contributed by atoms with Gasteiger partial charge in [-0.15, -0.1) is 5.10 Å². The van der Waals surface area contributed by atoms with E-state index < -0.39 is 17.0 Å². The fraction of sp³-hybridized carbons (Fsp3) is 0.389. The Labute approximate surface area is 144 Å². The standard InChI is InChI=1S/C18H17F2N3S/c1-17(2)10-6-7-18(17,16(21)24)15-9(10)8-13(22-23-15)14-11(19)4-3-5-12(14)20/h3-5,8,10H,6-7H2,1-2H3,(H2,21,24). The topological polar surface area (TPSA) is 51.8 Å². The minimum atomic E-state index is -0.643. The van der Waals surface area contributed by atoms with Crippen molar-refractivity contribution >= 4 is 17.2 Å². The monoisotopic (exact) mass is 345 g/mol. The summed E-state index contributed by atoms with van der Waals surface area (Å²) in [6.45, 7) is 4.27. The minimum Gasteiger partial charge on any atom is -0.393 e. The van der Waals surface area contributed by atoms with Crippen molar-refractivity contribution in [2.24, 2.45) is 11.1 Å². The molecule has 2 bridgehead atoms. The predicted octanol–water partition coefficient (Wildman–Crippen LogP) is 3.86. The number of aromatic nitrogens is 2. The van der Waals surface area contributed by atoms with Crippen LogP contribution in [0.3, 0.4) is 0 Å². The Balaban J connectivity index is 1.94. The molecule has 1 aromatic heterocycles. The van der Waals surface area contributed by atoms with E-state index in [1.165, 1.54) is 18.2 Å². The molecule has 24 heavy (non-hydrogen) atoms. The SMILES string of the molecule is CC1(C)C2CCC1(C(N)=S)c1nnc(-c3c(F)cccc3F)cc12. The van der Waals surface area contributed by atoms with Gasteiger partial charge in [0.1, 0.15) is 11.6 Å².